The van der Waals surface area contributed by atoms with Crippen LogP contribution in [-0.4, -0.2) is 78.2 Å². The van der Waals surface area contributed by atoms with E-state index >= 15 is 0 Å². The Morgan fingerprint density at radius 1 is 0.919 bits per heavy atom. The fourth-order valence-electron chi connectivity index (χ4n) is 4.34. The van der Waals surface area contributed by atoms with Gasteiger partial charge in [0.15, 0.2) is 5.82 Å². The molecule has 0 saturated carbocycles. The molecule has 4 rings (SSSR count). The molecular weight excluding hydrogens is 466 g/mol. The highest BCUT2D eigenvalue weighted by Crippen LogP contribution is 2.20. The minimum atomic E-state index is -0.132. The SMILES string of the molecule is CCCCN(CC(=O)N1CCN(c2ccc(-c3ccc(C)cc3)nn2)CC1)C(=O)c1ccc(OC)cc1. The molecule has 0 bridgehead atoms. The number of aromatic nitrogens is 2. The molecule has 0 unspecified atom stereocenters. The highest BCUT2D eigenvalue weighted by Gasteiger charge is 2.26. The second-order valence-corrected chi connectivity index (χ2v) is 9.32. The standard InChI is InChI=1S/C29H35N5O3/c1-4-5-16-34(29(36)24-10-12-25(37-3)13-11-24)21-28(35)33-19-17-32(18-20-33)27-15-14-26(30-31-27)23-8-6-22(2)7-9-23/h6-15H,4-5,16-21H2,1-3H3. The molecular formula is C29H35N5O3. The third kappa shape index (κ3) is 6.64. The fourth-order valence-corrected chi connectivity index (χ4v) is 4.34. The van der Waals surface area contributed by atoms with Gasteiger partial charge in [-0.25, -0.2) is 0 Å². The average molecular weight is 502 g/mol. The van der Waals surface area contributed by atoms with E-state index in [0.29, 0.717) is 44.0 Å². The number of nitrogens with zero attached hydrogens (tertiary/aromatic N) is 5. The van der Waals surface area contributed by atoms with E-state index in [1.54, 1.807) is 36.3 Å². The van der Waals surface area contributed by atoms with Crippen molar-refractivity contribution >= 4 is 17.6 Å². The summed E-state index contributed by atoms with van der Waals surface area (Å²) in [5, 5.41) is 8.84. The van der Waals surface area contributed by atoms with Crippen molar-refractivity contribution < 1.29 is 14.3 Å². The molecule has 8 nitrogen and oxygen atoms in total. The first kappa shape index (κ1) is 26.1. The molecule has 1 saturated heterocycles. The van der Waals surface area contributed by atoms with Crippen molar-refractivity contribution in [1.29, 1.82) is 0 Å². The third-order valence-electron chi connectivity index (χ3n) is 6.69. The van der Waals surface area contributed by atoms with Crippen LogP contribution >= 0.6 is 0 Å². The molecule has 0 radical (unpaired) electrons. The van der Waals surface area contributed by atoms with Gasteiger partial charge < -0.3 is 19.4 Å². The Kier molecular flexibility index (Phi) is 8.72. The lowest BCUT2D eigenvalue weighted by Gasteiger charge is -2.36. The second kappa shape index (κ2) is 12.3. The van der Waals surface area contributed by atoms with E-state index in [9.17, 15) is 9.59 Å². The van der Waals surface area contributed by atoms with Gasteiger partial charge in [-0.2, -0.15) is 0 Å². The number of anilines is 1. The smallest absolute Gasteiger partial charge is 0.254 e. The van der Waals surface area contributed by atoms with E-state index in [1.165, 1.54) is 5.56 Å². The van der Waals surface area contributed by atoms with Crippen LogP contribution in [-0.2, 0) is 4.79 Å². The van der Waals surface area contributed by atoms with Gasteiger partial charge in [-0.3, -0.25) is 9.59 Å². The average Bonchev–Trinajstić information content (AvgIpc) is 2.95. The molecule has 0 spiro atoms. The fraction of sp³-hybridized carbons (Fsp3) is 0.379. The van der Waals surface area contributed by atoms with Gasteiger partial charge in [0.05, 0.1) is 12.8 Å². The van der Waals surface area contributed by atoms with Crippen molar-refractivity contribution in [2.75, 3.05) is 51.3 Å². The van der Waals surface area contributed by atoms with Crippen LogP contribution in [0.3, 0.4) is 0 Å². The lowest BCUT2D eigenvalue weighted by atomic mass is 10.1. The summed E-state index contributed by atoms with van der Waals surface area (Å²) >= 11 is 0. The van der Waals surface area contributed by atoms with Crippen LogP contribution in [0, 0.1) is 6.92 Å². The van der Waals surface area contributed by atoms with Gasteiger partial charge >= 0.3 is 0 Å². The number of hydrogen-bond donors (Lipinski definition) is 0. The van der Waals surface area contributed by atoms with E-state index in [1.807, 2.05) is 29.2 Å². The minimum absolute atomic E-state index is 0.0292. The number of carbonyl (C=O) groups excluding carboxylic acids is 2. The Hall–Kier alpha value is -3.94. The molecule has 1 aromatic heterocycles. The molecule has 37 heavy (non-hydrogen) atoms. The Labute approximate surface area is 218 Å². The molecule has 0 aliphatic carbocycles. The predicted octanol–water partition coefficient (Wildman–Crippen LogP) is 4.05. The molecule has 2 aromatic carbocycles. The zero-order valence-electron chi connectivity index (χ0n) is 21.9. The number of amides is 2. The number of aryl methyl sites for hydroxylation is 1. The third-order valence-corrected chi connectivity index (χ3v) is 6.69. The second-order valence-electron chi connectivity index (χ2n) is 9.32. The van der Waals surface area contributed by atoms with Gasteiger partial charge in [0.1, 0.15) is 12.3 Å². The Bertz CT molecular complexity index is 1170. The van der Waals surface area contributed by atoms with E-state index in [4.69, 9.17) is 4.74 Å². The number of rotatable bonds is 9. The van der Waals surface area contributed by atoms with Crippen molar-refractivity contribution in [3.8, 4) is 17.0 Å². The molecule has 1 aliphatic heterocycles. The Morgan fingerprint density at radius 3 is 2.22 bits per heavy atom. The largest absolute Gasteiger partial charge is 0.497 e. The summed E-state index contributed by atoms with van der Waals surface area (Å²) in [5.74, 6) is 1.34. The van der Waals surface area contributed by atoms with Crippen molar-refractivity contribution in [2.45, 2.75) is 26.7 Å². The van der Waals surface area contributed by atoms with Crippen molar-refractivity contribution in [2.24, 2.45) is 0 Å². The summed E-state index contributed by atoms with van der Waals surface area (Å²) in [6.07, 6.45) is 1.79. The molecule has 3 aromatic rings. The van der Waals surface area contributed by atoms with Crippen LogP contribution in [0.25, 0.3) is 11.3 Å². The summed E-state index contributed by atoms with van der Waals surface area (Å²) in [6.45, 7) is 7.28. The van der Waals surface area contributed by atoms with Crippen molar-refractivity contribution in [3.63, 3.8) is 0 Å². The molecule has 2 amide bonds. The van der Waals surface area contributed by atoms with Gasteiger partial charge in [-0.15, -0.1) is 10.2 Å². The van der Waals surface area contributed by atoms with Crippen LogP contribution in [0.5, 0.6) is 5.75 Å². The maximum Gasteiger partial charge on any atom is 0.254 e. The number of unbranched alkanes of at least 4 members (excludes halogenated alkanes) is 1. The van der Waals surface area contributed by atoms with Crippen molar-refractivity contribution in [1.82, 2.24) is 20.0 Å². The molecule has 1 aliphatic rings. The van der Waals surface area contributed by atoms with Crippen LogP contribution in [0.2, 0.25) is 0 Å². The van der Waals surface area contributed by atoms with E-state index in [0.717, 1.165) is 29.9 Å². The van der Waals surface area contributed by atoms with Crippen LogP contribution in [0.1, 0.15) is 35.7 Å². The number of benzene rings is 2. The van der Waals surface area contributed by atoms with E-state index in [2.05, 4.69) is 41.1 Å². The number of ether oxygens (including phenoxy) is 1. The maximum absolute atomic E-state index is 13.1. The molecule has 0 atom stereocenters. The topological polar surface area (TPSA) is 78.9 Å². The summed E-state index contributed by atoms with van der Waals surface area (Å²) in [4.78, 5) is 31.9. The van der Waals surface area contributed by atoms with Gasteiger partial charge in [0, 0.05) is 43.9 Å². The monoisotopic (exact) mass is 501 g/mol. The summed E-state index contributed by atoms with van der Waals surface area (Å²) in [6, 6.07) is 19.2. The lowest BCUT2D eigenvalue weighted by molar-refractivity contribution is -0.132. The van der Waals surface area contributed by atoms with Crippen LogP contribution < -0.4 is 9.64 Å². The van der Waals surface area contributed by atoms with Crippen molar-refractivity contribution in [3.05, 3.63) is 71.8 Å². The summed E-state index contributed by atoms with van der Waals surface area (Å²) in [7, 11) is 1.59. The first-order valence-electron chi connectivity index (χ1n) is 12.9. The first-order chi connectivity index (χ1) is 18.0. The number of piperazine rings is 1. The number of carbonyl (C=O) groups is 2. The van der Waals surface area contributed by atoms with Gasteiger partial charge in [-0.05, 0) is 49.7 Å². The minimum Gasteiger partial charge on any atom is -0.497 e. The zero-order chi connectivity index (χ0) is 26.2. The summed E-state index contributed by atoms with van der Waals surface area (Å²) < 4.78 is 5.19. The first-order valence-corrected chi connectivity index (χ1v) is 12.9. The Morgan fingerprint density at radius 2 is 1.62 bits per heavy atom. The summed E-state index contributed by atoms with van der Waals surface area (Å²) in [5.41, 5.74) is 3.64. The zero-order valence-corrected chi connectivity index (χ0v) is 21.9. The molecule has 194 valence electrons. The highest BCUT2D eigenvalue weighted by molar-refractivity contribution is 5.96. The number of methoxy groups -OCH3 is 1. The molecule has 2 heterocycles. The molecule has 1 fully saturated rings. The van der Waals surface area contributed by atoms with Gasteiger partial charge in [0.25, 0.3) is 5.91 Å². The number of hydrogen-bond acceptors (Lipinski definition) is 6. The van der Waals surface area contributed by atoms with Gasteiger partial charge in [-0.1, -0.05) is 43.2 Å². The van der Waals surface area contributed by atoms with Gasteiger partial charge in [0.2, 0.25) is 5.91 Å². The van der Waals surface area contributed by atoms with Crippen LogP contribution in [0.4, 0.5) is 5.82 Å². The van der Waals surface area contributed by atoms with E-state index in [-0.39, 0.29) is 18.4 Å². The predicted molar refractivity (Wildman–Crippen MR) is 145 cm³/mol. The van der Waals surface area contributed by atoms with Crippen LogP contribution in [0.15, 0.2) is 60.7 Å². The van der Waals surface area contributed by atoms with E-state index < -0.39 is 0 Å². The quantitative estimate of drug-likeness (QED) is 0.440. The highest BCUT2D eigenvalue weighted by atomic mass is 16.5. The maximum atomic E-state index is 13.1. The normalized spacial score (nSPS) is 13.4. The molecule has 8 heteroatoms. The Balaban J connectivity index is 1.34. The molecule has 0 N–H and O–H groups in total. The lowest BCUT2D eigenvalue weighted by Crippen LogP contribution is -2.52.